The van der Waals surface area contributed by atoms with Crippen molar-refractivity contribution >= 4 is 23.3 Å². The van der Waals surface area contributed by atoms with E-state index < -0.39 is 28.7 Å². The lowest BCUT2D eigenvalue weighted by atomic mass is 9.75. The molecule has 0 aromatic heterocycles. The van der Waals surface area contributed by atoms with Crippen LogP contribution in [0.4, 0.5) is 5.69 Å². The number of rotatable bonds is 14. The minimum atomic E-state index is -1.30. The molecule has 3 atom stereocenters. The fourth-order valence-electron chi connectivity index (χ4n) is 4.37. The number of aliphatic imine (C=N–C) groups is 1. The first-order valence-electron chi connectivity index (χ1n) is 13.1. The summed E-state index contributed by atoms with van der Waals surface area (Å²) in [6.45, 7) is 3.18. The Labute approximate surface area is 241 Å². The Balaban J connectivity index is 1.33. The Bertz CT molecular complexity index is 1410. The van der Waals surface area contributed by atoms with Gasteiger partial charge < -0.3 is 28.4 Å². The minimum Gasteiger partial charge on any atom is -0.491 e. The second-order valence-electron chi connectivity index (χ2n) is 9.27. The Morgan fingerprint density at radius 3 is 2.43 bits per heavy atom. The van der Waals surface area contributed by atoms with Crippen molar-refractivity contribution in [2.75, 3.05) is 46.8 Å². The van der Waals surface area contributed by atoms with E-state index in [0.717, 1.165) is 19.5 Å². The summed E-state index contributed by atoms with van der Waals surface area (Å²) in [5.41, 5.74) is -0.0135. The highest BCUT2D eigenvalue weighted by Gasteiger charge is 2.44. The quantitative estimate of drug-likeness (QED) is 0.106. The Hall–Kier alpha value is -4.80. The van der Waals surface area contributed by atoms with Crippen LogP contribution in [0.15, 0.2) is 64.8 Å². The van der Waals surface area contributed by atoms with Crippen molar-refractivity contribution in [3.05, 3.63) is 75.5 Å². The molecule has 0 amide bonds. The van der Waals surface area contributed by atoms with Crippen molar-refractivity contribution in [1.29, 1.82) is 5.26 Å². The first-order valence-corrected chi connectivity index (χ1v) is 13.1. The molecule has 0 aliphatic carbocycles. The number of nitriles is 1. The van der Waals surface area contributed by atoms with Crippen molar-refractivity contribution in [2.45, 2.75) is 18.9 Å². The maximum atomic E-state index is 13.2. The van der Waals surface area contributed by atoms with E-state index >= 15 is 0 Å². The maximum absolute atomic E-state index is 13.2. The summed E-state index contributed by atoms with van der Waals surface area (Å²) in [5, 5.41) is 21.1. The number of hydrogen-bond acceptors (Lipinski definition) is 12. The molecule has 0 bridgehead atoms. The number of nitro benzene ring substituents is 1. The third-order valence-corrected chi connectivity index (χ3v) is 6.47. The highest BCUT2D eigenvalue weighted by atomic mass is 16.6. The van der Waals surface area contributed by atoms with Gasteiger partial charge in [0, 0.05) is 23.7 Å². The smallest absolute Gasteiger partial charge is 0.336 e. The number of nitro groups is 1. The summed E-state index contributed by atoms with van der Waals surface area (Å²) >= 11 is 0. The number of carbonyl (C=O) groups is 2. The highest BCUT2D eigenvalue weighted by Crippen LogP contribution is 2.41. The number of methoxy groups -OCH3 is 1. The molecule has 1 saturated heterocycles. The average Bonchev–Trinajstić information content (AvgIpc) is 3.83. The van der Waals surface area contributed by atoms with E-state index in [2.05, 4.69) is 4.99 Å². The molecule has 0 saturated carbocycles. The standard InChI is InChI=1S/C29H29N3O10/c1-18-25(26(19-4-3-5-20(14-19)32(35)36)27(28(33)37-2)24(15-30)31-18)29(34)40-13-11-38-10-12-39-21-6-8-22(9-7-21)41-16-23-17-42-23/h3-9,14,23,26-27H,10-13,16-17H2,1-2H3. The van der Waals surface area contributed by atoms with Gasteiger partial charge in [0.05, 0.1) is 37.4 Å². The average molecular weight is 580 g/mol. The number of epoxide rings is 1. The summed E-state index contributed by atoms with van der Waals surface area (Å²) in [6, 6.07) is 14.5. The summed E-state index contributed by atoms with van der Waals surface area (Å²) in [5.74, 6) is -2.64. The van der Waals surface area contributed by atoms with E-state index in [0.29, 0.717) is 12.4 Å². The second-order valence-corrected chi connectivity index (χ2v) is 9.27. The van der Waals surface area contributed by atoms with Crippen molar-refractivity contribution < 1.29 is 42.9 Å². The number of carbonyl (C=O) groups excluding carboxylic acids is 2. The topological polar surface area (TPSA) is 172 Å². The van der Waals surface area contributed by atoms with Crippen LogP contribution in [0.3, 0.4) is 0 Å². The molecule has 42 heavy (non-hydrogen) atoms. The van der Waals surface area contributed by atoms with Gasteiger partial charge in [0.25, 0.3) is 5.69 Å². The van der Waals surface area contributed by atoms with E-state index in [9.17, 15) is 25.0 Å². The third-order valence-electron chi connectivity index (χ3n) is 6.47. The number of nitrogens with zero attached hydrogens (tertiary/aromatic N) is 3. The van der Waals surface area contributed by atoms with Gasteiger partial charge in [-0.15, -0.1) is 0 Å². The van der Waals surface area contributed by atoms with E-state index in [-0.39, 0.29) is 60.8 Å². The largest absolute Gasteiger partial charge is 0.491 e. The van der Waals surface area contributed by atoms with Crippen LogP contribution >= 0.6 is 0 Å². The van der Waals surface area contributed by atoms with Crippen molar-refractivity contribution in [2.24, 2.45) is 10.9 Å². The fourth-order valence-corrected chi connectivity index (χ4v) is 4.37. The molecule has 1 fully saturated rings. The molecule has 13 nitrogen and oxygen atoms in total. The number of allylic oxidation sites excluding steroid dienone is 1. The highest BCUT2D eigenvalue weighted by molar-refractivity contribution is 6.14. The maximum Gasteiger partial charge on any atom is 0.336 e. The summed E-state index contributed by atoms with van der Waals surface area (Å²) in [4.78, 5) is 40.9. The summed E-state index contributed by atoms with van der Waals surface area (Å²) in [7, 11) is 1.14. The first kappa shape index (κ1) is 30.2. The van der Waals surface area contributed by atoms with Gasteiger partial charge in [-0.25, -0.2) is 9.79 Å². The molecule has 4 rings (SSSR count). The lowest BCUT2D eigenvalue weighted by Crippen LogP contribution is -2.37. The summed E-state index contributed by atoms with van der Waals surface area (Å²) < 4.78 is 32.1. The Morgan fingerprint density at radius 2 is 1.79 bits per heavy atom. The molecule has 2 heterocycles. The molecular formula is C29H29N3O10. The molecule has 2 aromatic rings. The lowest BCUT2D eigenvalue weighted by molar-refractivity contribution is -0.384. The molecule has 3 unspecified atom stereocenters. The van der Waals surface area contributed by atoms with Crippen LogP contribution in [-0.4, -0.2) is 75.4 Å². The normalized spacial score (nSPS) is 19.3. The van der Waals surface area contributed by atoms with Crippen LogP contribution in [0.5, 0.6) is 11.5 Å². The van der Waals surface area contributed by atoms with E-state index in [1.54, 1.807) is 24.3 Å². The predicted octanol–water partition coefficient (Wildman–Crippen LogP) is 3.14. The second kappa shape index (κ2) is 14.2. The molecule has 2 aromatic carbocycles. The van der Waals surface area contributed by atoms with E-state index in [1.807, 2.05) is 6.07 Å². The Morgan fingerprint density at radius 1 is 1.10 bits per heavy atom. The lowest BCUT2D eigenvalue weighted by Gasteiger charge is -2.30. The van der Waals surface area contributed by atoms with Crippen molar-refractivity contribution in [3.63, 3.8) is 0 Å². The zero-order chi connectivity index (χ0) is 30.1. The van der Waals surface area contributed by atoms with Gasteiger partial charge in [-0.3, -0.25) is 14.9 Å². The van der Waals surface area contributed by atoms with Gasteiger partial charge in [-0.05, 0) is 36.8 Å². The van der Waals surface area contributed by atoms with Crippen LogP contribution in [-0.2, 0) is 28.5 Å². The van der Waals surface area contributed by atoms with Crippen LogP contribution < -0.4 is 9.47 Å². The minimum absolute atomic E-state index is 0.00897. The fraction of sp³-hybridized carbons (Fsp3) is 0.379. The van der Waals surface area contributed by atoms with Gasteiger partial charge in [0.1, 0.15) is 55.1 Å². The molecule has 0 N–H and O–H groups in total. The molecule has 0 radical (unpaired) electrons. The van der Waals surface area contributed by atoms with Gasteiger partial charge in [-0.2, -0.15) is 5.26 Å². The predicted molar refractivity (Wildman–Crippen MR) is 146 cm³/mol. The van der Waals surface area contributed by atoms with Crippen LogP contribution in [0.1, 0.15) is 18.4 Å². The number of hydrogen-bond donors (Lipinski definition) is 0. The monoisotopic (exact) mass is 579 g/mol. The molecular weight excluding hydrogens is 550 g/mol. The van der Waals surface area contributed by atoms with Gasteiger partial charge >= 0.3 is 11.9 Å². The number of non-ortho nitro benzene ring substituents is 1. The first-order chi connectivity index (χ1) is 20.3. The zero-order valence-corrected chi connectivity index (χ0v) is 23.0. The SMILES string of the molecule is COC(=O)C1C(C#N)=NC(C)=C(C(=O)OCCOCCOc2ccc(OCC3CO3)cc2)C1c1cccc([N+](=O)[O-])c1. The number of esters is 2. The van der Waals surface area contributed by atoms with Crippen LogP contribution in [0, 0.1) is 27.4 Å². The molecule has 2 aliphatic rings. The van der Waals surface area contributed by atoms with E-state index in [4.69, 9.17) is 28.4 Å². The molecule has 220 valence electrons. The zero-order valence-electron chi connectivity index (χ0n) is 23.0. The Kier molecular flexibility index (Phi) is 10.2. The molecule has 13 heteroatoms. The number of benzene rings is 2. The molecule has 2 aliphatic heterocycles. The van der Waals surface area contributed by atoms with Crippen molar-refractivity contribution in [1.82, 2.24) is 0 Å². The third kappa shape index (κ3) is 7.68. The summed E-state index contributed by atoms with van der Waals surface area (Å²) in [6.07, 6.45) is 0.178. The van der Waals surface area contributed by atoms with Gasteiger partial charge in [0.15, 0.2) is 0 Å². The number of ether oxygens (including phenoxy) is 6. The van der Waals surface area contributed by atoms with Crippen molar-refractivity contribution in [3.8, 4) is 17.6 Å². The molecule has 0 spiro atoms. The van der Waals surface area contributed by atoms with Crippen LogP contribution in [0.2, 0.25) is 0 Å². The van der Waals surface area contributed by atoms with Gasteiger partial charge in [-0.1, -0.05) is 12.1 Å². The van der Waals surface area contributed by atoms with Crippen LogP contribution in [0.25, 0.3) is 0 Å². The van der Waals surface area contributed by atoms with Gasteiger partial charge in [0.2, 0.25) is 0 Å². The van der Waals surface area contributed by atoms with E-state index in [1.165, 1.54) is 31.2 Å².